The maximum atomic E-state index is 12.1. The van der Waals surface area contributed by atoms with Crippen LogP contribution in [0.4, 0.5) is 0 Å². The van der Waals surface area contributed by atoms with Gasteiger partial charge in [-0.1, -0.05) is 19.3 Å². The quantitative estimate of drug-likeness (QED) is 0.779. The minimum Gasteiger partial charge on any atom is -0.477 e. The van der Waals surface area contributed by atoms with Crippen molar-refractivity contribution in [2.75, 3.05) is 0 Å². The molecule has 1 aromatic heterocycles. The Morgan fingerprint density at radius 1 is 1.40 bits per heavy atom. The third-order valence-electron chi connectivity index (χ3n) is 3.63. The molecule has 7 heteroatoms. The highest BCUT2D eigenvalue weighted by atomic mass is 32.1. The number of amides is 1. The van der Waals surface area contributed by atoms with Gasteiger partial charge in [0.1, 0.15) is 9.88 Å². The average Bonchev–Trinajstić information content (AvgIpc) is 2.78. The molecule has 1 fully saturated rings. The van der Waals surface area contributed by atoms with Gasteiger partial charge in [-0.25, -0.2) is 9.78 Å². The molecule has 0 unspecified atom stereocenters. The van der Waals surface area contributed by atoms with E-state index in [0.29, 0.717) is 23.5 Å². The van der Waals surface area contributed by atoms with E-state index in [2.05, 4.69) is 10.3 Å². The Hall–Kier alpha value is -1.47. The molecule has 1 saturated carbocycles. The largest absolute Gasteiger partial charge is 0.477 e. The van der Waals surface area contributed by atoms with Crippen molar-refractivity contribution < 1.29 is 14.7 Å². The van der Waals surface area contributed by atoms with Crippen molar-refractivity contribution in [2.45, 2.75) is 51.1 Å². The second-order valence-electron chi connectivity index (χ2n) is 5.23. The van der Waals surface area contributed by atoms with E-state index < -0.39 is 11.5 Å². The maximum absolute atomic E-state index is 12.1. The molecule has 1 aliphatic carbocycles. The van der Waals surface area contributed by atoms with Crippen molar-refractivity contribution >= 4 is 23.2 Å². The van der Waals surface area contributed by atoms with Crippen molar-refractivity contribution in [3.05, 3.63) is 15.6 Å². The number of carboxylic acid groups (broad SMARTS) is 1. The van der Waals surface area contributed by atoms with Gasteiger partial charge < -0.3 is 16.2 Å². The van der Waals surface area contributed by atoms with Crippen LogP contribution in [0.25, 0.3) is 0 Å². The predicted molar refractivity (Wildman–Crippen MR) is 75.7 cm³/mol. The Morgan fingerprint density at radius 2 is 2.05 bits per heavy atom. The van der Waals surface area contributed by atoms with E-state index in [0.717, 1.165) is 30.6 Å². The monoisotopic (exact) mass is 297 g/mol. The molecule has 110 valence electrons. The number of nitrogens with two attached hydrogens (primary N) is 1. The van der Waals surface area contributed by atoms with Crippen LogP contribution in [0.5, 0.6) is 0 Å². The van der Waals surface area contributed by atoms with Gasteiger partial charge in [-0.05, 0) is 19.8 Å². The second-order valence-corrected chi connectivity index (χ2v) is 6.31. The number of carbonyl (C=O) groups excluding carboxylic acids is 1. The van der Waals surface area contributed by atoms with Gasteiger partial charge >= 0.3 is 5.97 Å². The smallest absolute Gasteiger partial charge is 0.347 e. The molecule has 0 atom stereocenters. The molecule has 6 nitrogen and oxygen atoms in total. The maximum Gasteiger partial charge on any atom is 0.347 e. The lowest BCUT2D eigenvalue weighted by atomic mass is 9.82. The average molecular weight is 297 g/mol. The summed E-state index contributed by atoms with van der Waals surface area (Å²) in [5.74, 6) is -1.15. The number of nitrogens with one attached hydrogen (secondary N) is 1. The number of hydrogen-bond donors (Lipinski definition) is 3. The van der Waals surface area contributed by atoms with Crippen molar-refractivity contribution in [1.29, 1.82) is 0 Å². The van der Waals surface area contributed by atoms with E-state index in [-0.39, 0.29) is 17.3 Å². The van der Waals surface area contributed by atoms with Gasteiger partial charge in [0.2, 0.25) is 5.91 Å². The summed E-state index contributed by atoms with van der Waals surface area (Å²) in [4.78, 5) is 27.4. The van der Waals surface area contributed by atoms with E-state index in [1.54, 1.807) is 6.92 Å². The molecule has 0 radical (unpaired) electrons. The molecule has 20 heavy (non-hydrogen) atoms. The zero-order valence-electron chi connectivity index (χ0n) is 11.4. The molecule has 2 rings (SSSR count). The third kappa shape index (κ3) is 3.16. The van der Waals surface area contributed by atoms with Gasteiger partial charge in [-0.3, -0.25) is 4.79 Å². The number of aryl methyl sites for hydroxylation is 1. The lowest BCUT2D eigenvalue weighted by Gasteiger charge is -2.31. The van der Waals surface area contributed by atoms with Gasteiger partial charge in [0, 0.05) is 0 Å². The van der Waals surface area contributed by atoms with Crippen LogP contribution in [0.2, 0.25) is 0 Å². The lowest BCUT2D eigenvalue weighted by Crippen LogP contribution is -2.54. The molecule has 1 aromatic rings. The Labute approximate surface area is 121 Å². The summed E-state index contributed by atoms with van der Waals surface area (Å²) in [6.45, 7) is 1.88. The predicted octanol–water partition coefficient (Wildman–Crippen LogP) is 1.43. The summed E-state index contributed by atoms with van der Waals surface area (Å²) in [6, 6.07) is 0. The summed E-state index contributed by atoms with van der Waals surface area (Å²) < 4.78 is 0. The molecule has 0 aromatic carbocycles. The summed E-state index contributed by atoms with van der Waals surface area (Å²) in [6.07, 6.45) is 4.49. The molecule has 1 amide bonds. The Balaban J connectivity index is 1.96. The highest BCUT2D eigenvalue weighted by Gasteiger charge is 2.35. The van der Waals surface area contributed by atoms with Crippen LogP contribution >= 0.6 is 11.3 Å². The van der Waals surface area contributed by atoms with E-state index in [9.17, 15) is 9.59 Å². The Kier molecular flexibility index (Phi) is 4.39. The molecular formula is C13H19N3O3S. The Bertz CT molecular complexity index is 521. The summed E-state index contributed by atoms with van der Waals surface area (Å²) in [5.41, 5.74) is 5.83. The number of thiazole rings is 1. The minimum atomic E-state index is -0.986. The number of carboxylic acids is 1. The zero-order valence-corrected chi connectivity index (χ0v) is 12.3. The molecule has 0 spiro atoms. The van der Waals surface area contributed by atoms with Crippen LogP contribution in [0.1, 0.15) is 52.5 Å². The van der Waals surface area contributed by atoms with Crippen LogP contribution in [0.15, 0.2) is 0 Å². The van der Waals surface area contributed by atoms with Crippen LogP contribution in [-0.2, 0) is 11.3 Å². The first-order valence-electron chi connectivity index (χ1n) is 6.69. The number of hydrogen-bond acceptors (Lipinski definition) is 5. The first kappa shape index (κ1) is 14.9. The van der Waals surface area contributed by atoms with Crippen molar-refractivity contribution in [2.24, 2.45) is 5.73 Å². The normalized spacial score (nSPS) is 17.7. The molecular weight excluding hydrogens is 278 g/mol. The molecule has 1 heterocycles. The molecule has 0 aliphatic heterocycles. The highest BCUT2D eigenvalue weighted by Crippen LogP contribution is 2.26. The van der Waals surface area contributed by atoms with Gasteiger partial charge in [-0.15, -0.1) is 11.3 Å². The number of aromatic carboxylic acids is 1. The van der Waals surface area contributed by atoms with Gasteiger partial charge in [0.15, 0.2) is 0 Å². The molecule has 0 saturated heterocycles. The van der Waals surface area contributed by atoms with Crippen LogP contribution < -0.4 is 11.1 Å². The van der Waals surface area contributed by atoms with E-state index >= 15 is 0 Å². The SMILES string of the molecule is Cc1nc(CNC(=O)C2(N)CCCCC2)sc1C(=O)O. The minimum absolute atomic E-state index is 0.165. The van der Waals surface area contributed by atoms with Gasteiger partial charge in [-0.2, -0.15) is 0 Å². The second kappa shape index (κ2) is 5.88. The van der Waals surface area contributed by atoms with Gasteiger partial charge in [0.25, 0.3) is 0 Å². The fourth-order valence-electron chi connectivity index (χ4n) is 2.47. The number of carbonyl (C=O) groups is 2. The fourth-order valence-corrected chi connectivity index (χ4v) is 3.31. The van der Waals surface area contributed by atoms with Gasteiger partial charge in [0.05, 0.1) is 17.8 Å². The van der Waals surface area contributed by atoms with Crippen molar-refractivity contribution in [3.63, 3.8) is 0 Å². The molecule has 1 aliphatic rings. The third-order valence-corrected chi connectivity index (χ3v) is 4.78. The topological polar surface area (TPSA) is 105 Å². The van der Waals surface area contributed by atoms with E-state index in [1.165, 1.54) is 0 Å². The number of aromatic nitrogens is 1. The van der Waals surface area contributed by atoms with Crippen molar-refractivity contribution in [3.8, 4) is 0 Å². The fraction of sp³-hybridized carbons (Fsp3) is 0.615. The number of nitrogens with zero attached hydrogens (tertiary/aromatic N) is 1. The number of rotatable bonds is 4. The van der Waals surface area contributed by atoms with Crippen LogP contribution in [0, 0.1) is 6.92 Å². The lowest BCUT2D eigenvalue weighted by molar-refractivity contribution is -0.127. The van der Waals surface area contributed by atoms with Crippen LogP contribution in [0.3, 0.4) is 0 Å². The van der Waals surface area contributed by atoms with Crippen LogP contribution in [-0.4, -0.2) is 27.5 Å². The van der Waals surface area contributed by atoms with Crippen molar-refractivity contribution in [1.82, 2.24) is 10.3 Å². The Morgan fingerprint density at radius 3 is 2.60 bits per heavy atom. The first-order valence-corrected chi connectivity index (χ1v) is 7.51. The van der Waals surface area contributed by atoms with E-state index in [4.69, 9.17) is 10.8 Å². The summed E-state index contributed by atoms with van der Waals surface area (Å²) in [7, 11) is 0. The standard InChI is InChI=1S/C13H19N3O3S/c1-8-10(11(17)18)20-9(16-8)7-15-12(19)13(14)5-3-2-4-6-13/h2-7,14H2,1H3,(H,15,19)(H,17,18). The summed E-state index contributed by atoms with van der Waals surface area (Å²) >= 11 is 1.09. The first-order chi connectivity index (χ1) is 9.42. The molecule has 0 bridgehead atoms. The van der Waals surface area contributed by atoms with E-state index in [1.807, 2.05) is 0 Å². The highest BCUT2D eigenvalue weighted by molar-refractivity contribution is 7.13. The molecule has 4 N–H and O–H groups in total. The zero-order chi connectivity index (χ0) is 14.8. The summed E-state index contributed by atoms with van der Waals surface area (Å²) in [5, 5.41) is 12.3.